The Bertz CT molecular complexity index is 522. The highest BCUT2D eigenvalue weighted by molar-refractivity contribution is 5.74. The molecule has 23 heavy (non-hydrogen) atoms. The van der Waals surface area contributed by atoms with Gasteiger partial charge in [-0.25, -0.2) is 4.79 Å². The maximum atomic E-state index is 12.5. The third-order valence-electron chi connectivity index (χ3n) is 4.87. The van der Waals surface area contributed by atoms with Crippen LogP contribution in [-0.2, 0) is 4.74 Å². The van der Waals surface area contributed by atoms with Gasteiger partial charge in [-0.15, -0.1) is 0 Å². The zero-order valence-corrected chi connectivity index (χ0v) is 14.9. The SMILES string of the molecule is COCCC1CCN(C(=O)N[C@@H](C)c2cc(C)ccc2C)CC1. The van der Waals surface area contributed by atoms with Crippen molar-refractivity contribution < 1.29 is 9.53 Å². The fourth-order valence-electron chi connectivity index (χ4n) is 3.29. The van der Waals surface area contributed by atoms with Crippen LogP contribution in [0.5, 0.6) is 0 Å². The van der Waals surface area contributed by atoms with Gasteiger partial charge in [-0.2, -0.15) is 0 Å². The summed E-state index contributed by atoms with van der Waals surface area (Å²) in [7, 11) is 1.75. The Morgan fingerprint density at radius 2 is 2.04 bits per heavy atom. The van der Waals surface area contributed by atoms with Crippen molar-refractivity contribution in [2.24, 2.45) is 5.92 Å². The van der Waals surface area contributed by atoms with Gasteiger partial charge in [-0.1, -0.05) is 23.8 Å². The summed E-state index contributed by atoms with van der Waals surface area (Å²) in [6.07, 6.45) is 3.26. The average Bonchev–Trinajstić information content (AvgIpc) is 2.55. The molecule has 1 aromatic carbocycles. The standard InChI is InChI=1S/C19H30N2O2/c1-14-5-6-15(2)18(13-14)16(3)20-19(22)21-10-7-17(8-11-21)9-12-23-4/h5-6,13,16-17H,7-12H2,1-4H3,(H,20,22)/t16-/m0/s1. The molecule has 1 saturated heterocycles. The van der Waals surface area contributed by atoms with Gasteiger partial charge in [0.05, 0.1) is 6.04 Å². The first-order valence-electron chi connectivity index (χ1n) is 8.62. The smallest absolute Gasteiger partial charge is 0.317 e. The summed E-state index contributed by atoms with van der Waals surface area (Å²) in [6, 6.07) is 6.49. The van der Waals surface area contributed by atoms with Crippen molar-refractivity contribution in [3.8, 4) is 0 Å². The normalized spacial score (nSPS) is 17.1. The number of amides is 2. The van der Waals surface area contributed by atoms with Gasteiger partial charge in [-0.05, 0) is 57.1 Å². The Morgan fingerprint density at radius 1 is 1.35 bits per heavy atom. The molecule has 0 saturated carbocycles. The number of ether oxygens (including phenoxy) is 1. The molecule has 1 fully saturated rings. The number of nitrogens with zero attached hydrogens (tertiary/aromatic N) is 1. The number of urea groups is 1. The molecular weight excluding hydrogens is 288 g/mol. The maximum absolute atomic E-state index is 12.5. The van der Waals surface area contributed by atoms with E-state index in [-0.39, 0.29) is 12.1 Å². The van der Waals surface area contributed by atoms with Crippen molar-refractivity contribution in [2.45, 2.75) is 46.1 Å². The number of benzene rings is 1. The van der Waals surface area contributed by atoms with Crippen LogP contribution in [0.1, 0.15) is 48.9 Å². The Hall–Kier alpha value is -1.55. The topological polar surface area (TPSA) is 41.6 Å². The minimum atomic E-state index is 0.0358. The van der Waals surface area contributed by atoms with Crippen LogP contribution in [0.2, 0.25) is 0 Å². The Balaban J connectivity index is 1.86. The van der Waals surface area contributed by atoms with Crippen molar-refractivity contribution >= 4 is 6.03 Å². The van der Waals surface area contributed by atoms with Crippen LogP contribution in [0.3, 0.4) is 0 Å². The van der Waals surface area contributed by atoms with Crippen LogP contribution in [-0.4, -0.2) is 37.7 Å². The van der Waals surface area contributed by atoms with E-state index in [2.05, 4.69) is 44.3 Å². The largest absolute Gasteiger partial charge is 0.385 e. The zero-order chi connectivity index (χ0) is 16.8. The van der Waals surface area contributed by atoms with E-state index in [4.69, 9.17) is 4.74 Å². The lowest BCUT2D eigenvalue weighted by Crippen LogP contribution is -2.45. The first kappa shape index (κ1) is 17.8. The monoisotopic (exact) mass is 318 g/mol. The molecule has 0 radical (unpaired) electrons. The summed E-state index contributed by atoms with van der Waals surface area (Å²) >= 11 is 0. The maximum Gasteiger partial charge on any atom is 0.317 e. The number of hydrogen-bond donors (Lipinski definition) is 1. The molecule has 128 valence electrons. The van der Waals surface area contributed by atoms with Crippen LogP contribution in [0.15, 0.2) is 18.2 Å². The second-order valence-corrected chi connectivity index (χ2v) is 6.74. The molecule has 0 spiro atoms. The van der Waals surface area contributed by atoms with Crippen LogP contribution in [0, 0.1) is 19.8 Å². The third-order valence-corrected chi connectivity index (χ3v) is 4.87. The fraction of sp³-hybridized carbons (Fsp3) is 0.632. The van der Waals surface area contributed by atoms with E-state index in [0.29, 0.717) is 5.92 Å². The molecule has 1 atom stereocenters. The van der Waals surface area contributed by atoms with E-state index in [1.165, 1.54) is 16.7 Å². The molecule has 1 aliphatic heterocycles. The number of carbonyl (C=O) groups excluding carboxylic acids is 1. The van der Waals surface area contributed by atoms with Crippen LogP contribution < -0.4 is 5.32 Å². The molecule has 1 N–H and O–H groups in total. The molecule has 0 bridgehead atoms. The highest BCUT2D eigenvalue weighted by Crippen LogP contribution is 2.22. The molecule has 0 aromatic heterocycles. The number of methoxy groups -OCH3 is 1. The van der Waals surface area contributed by atoms with Crippen LogP contribution in [0.25, 0.3) is 0 Å². The molecule has 1 aromatic rings. The number of carbonyl (C=O) groups is 1. The average molecular weight is 318 g/mol. The van der Waals surface area contributed by atoms with E-state index in [1.807, 2.05) is 4.90 Å². The number of nitrogens with one attached hydrogen (secondary N) is 1. The number of aryl methyl sites for hydroxylation is 2. The van der Waals surface area contributed by atoms with Gasteiger partial charge in [-0.3, -0.25) is 0 Å². The second kappa shape index (κ2) is 8.34. The summed E-state index contributed by atoms with van der Waals surface area (Å²) in [5.41, 5.74) is 3.65. The molecule has 1 heterocycles. The Kier molecular flexibility index (Phi) is 6.46. The molecule has 2 rings (SSSR count). The zero-order valence-electron chi connectivity index (χ0n) is 14.9. The Morgan fingerprint density at radius 3 is 2.70 bits per heavy atom. The number of rotatable bonds is 5. The lowest BCUT2D eigenvalue weighted by Gasteiger charge is -2.33. The van der Waals surface area contributed by atoms with Crippen molar-refractivity contribution in [3.63, 3.8) is 0 Å². The molecule has 4 nitrogen and oxygen atoms in total. The summed E-state index contributed by atoms with van der Waals surface area (Å²) in [5.74, 6) is 0.690. The molecule has 2 amide bonds. The summed E-state index contributed by atoms with van der Waals surface area (Å²) in [6.45, 7) is 8.76. The minimum absolute atomic E-state index is 0.0358. The molecule has 0 aliphatic carbocycles. The van der Waals surface area contributed by atoms with Gasteiger partial charge in [0, 0.05) is 26.8 Å². The second-order valence-electron chi connectivity index (χ2n) is 6.74. The molecule has 4 heteroatoms. The first-order valence-corrected chi connectivity index (χ1v) is 8.62. The summed E-state index contributed by atoms with van der Waals surface area (Å²) in [5, 5.41) is 3.15. The van der Waals surface area contributed by atoms with Gasteiger partial charge in [0.1, 0.15) is 0 Å². The molecule has 0 unspecified atom stereocenters. The van der Waals surface area contributed by atoms with Crippen LogP contribution >= 0.6 is 0 Å². The predicted octanol–water partition coefficient (Wildman–Crippen LogP) is 3.82. The van der Waals surface area contributed by atoms with Crippen molar-refractivity contribution in [3.05, 3.63) is 34.9 Å². The minimum Gasteiger partial charge on any atom is -0.385 e. The molecule has 1 aliphatic rings. The third kappa shape index (κ3) is 4.96. The van der Waals surface area contributed by atoms with E-state index < -0.39 is 0 Å². The van der Waals surface area contributed by atoms with Crippen molar-refractivity contribution in [1.82, 2.24) is 10.2 Å². The van der Waals surface area contributed by atoms with E-state index in [1.54, 1.807) is 7.11 Å². The number of piperidine rings is 1. The quantitative estimate of drug-likeness (QED) is 0.896. The number of hydrogen-bond acceptors (Lipinski definition) is 2. The van der Waals surface area contributed by atoms with Gasteiger partial charge in [0.25, 0.3) is 0 Å². The van der Waals surface area contributed by atoms with Crippen LogP contribution in [0.4, 0.5) is 4.79 Å². The first-order chi connectivity index (χ1) is 11.0. The fourth-order valence-corrected chi connectivity index (χ4v) is 3.29. The van der Waals surface area contributed by atoms with Gasteiger partial charge in [0.2, 0.25) is 0 Å². The van der Waals surface area contributed by atoms with E-state index in [9.17, 15) is 4.79 Å². The lowest BCUT2D eigenvalue weighted by atomic mass is 9.94. The van der Waals surface area contributed by atoms with Gasteiger partial charge < -0.3 is 15.0 Å². The molecular formula is C19H30N2O2. The highest BCUT2D eigenvalue weighted by atomic mass is 16.5. The van der Waals surface area contributed by atoms with Crippen molar-refractivity contribution in [1.29, 1.82) is 0 Å². The Labute approximate surface area is 140 Å². The lowest BCUT2D eigenvalue weighted by molar-refractivity contribution is 0.138. The van der Waals surface area contributed by atoms with Gasteiger partial charge in [0.15, 0.2) is 0 Å². The predicted molar refractivity (Wildman–Crippen MR) is 93.7 cm³/mol. The van der Waals surface area contributed by atoms with E-state index in [0.717, 1.165) is 39.0 Å². The summed E-state index contributed by atoms with van der Waals surface area (Å²) in [4.78, 5) is 14.4. The highest BCUT2D eigenvalue weighted by Gasteiger charge is 2.23. The van der Waals surface area contributed by atoms with Crippen molar-refractivity contribution in [2.75, 3.05) is 26.8 Å². The van der Waals surface area contributed by atoms with Gasteiger partial charge >= 0.3 is 6.03 Å². The summed E-state index contributed by atoms with van der Waals surface area (Å²) < 4.78 is 5.15. The number of likely N-dealkylation sites (tertiary alicyclic amines) is 1. The van der Waals surface area contributed by atoms with E-state index >= 15 is 0 Å².